The molecule has 2 saturated heterocycles. The van der Waals surface area contributed by atoms with E-state index in [1.54, 1.807) is 11.0 Å². The van der Waals surface area contributed by atoms with Gasteiger partial charge in [-0.1, -0.05) is 11.6 Å². The Morgan fingerprint density at radius 2 is 1.85 bits per heavy atom. The number of carbonyl (C=O) groups is 1. The van der Waals surface area contributed by atoms with Gasteiger partial charge < -0.3 is 34.1 Å². The Hall–Kier alpha value is -3.34. The predicted molar refractivity (Wildman–Crippen MR) is 150 cm³/mol. The standard InChI is InChI=1S/C28H34ClN5O5/c1-28(2,3)39-27(35)34-11-9-33(10-12-34)20-6-7-23-21(16-20)26(31-18-30-23)32-19-5-8-24(22(29)15-19)38-17-25-36-13-4-14-37-25/h5-8,15-16,18,25H,4,9-14,17H2,1-3H3,(H,30,31,32). The minimum absolute atomic E-state index is 0.272. The van der Waals surface area contributed by atoms with Crippen LogP contribution in [-0.2, 0) is 14.2 Å². The summed E-state index contributed by atoms with van der Waals surface area (Å²) in [4.78, 5) is 25.4. The molecule has 10 nitrogen and oxygen atoms in total. The van der Waals surface area contributed by atoms with Crippen molar-refractivity contribution in [1.29, 1.82) is 0 Å². The molecule has 0 aliphatic carbocycles. The van der Waals surface area contributed by atoms with Gasteiger partial charge in [0.05, 0.1) is 23.8 Å². The SMILES string of the molecule is CC(C)(C)OC(=O)N1CCN(c2ccc3ncnc(Nc4ccc(OCC5OCCCO5)c(Cl)c4)c3c2)CC1. The van der Waals surface area contributed by atoms with Gasteiger partial charge in [-0.15, -0.1) is 0 Å². The quantitative estimate of drug-likeness (QED) is 0.438. The molecule has 1 aromatic heterocycles. The first-order valence-corrected chi connectivity index (χ1v) is 13.5. The molecule has 2 aromatic carbocycles. The van der Waals surface area contributed by atoms with E-state index in [0.717, 1.165) is 28.7 Å². The molecule has 0 unspecified atom stereocenters. The number of anilines is 3. The van der Waals surface area contributed by atoms with Crippen LogP contribution in [0.15, 0.2) is 42.7 Å². The number of hydrogen-bond acceptors (Lipinski definition) is 9. The summed E-state index contributed by atoms with van der Waals surface area (Å²) < 4.78 is 22.4. The number of piperazine rings is 1. The zero-order chi connectivity index (χ0) is 27.4. The van der Waals surface area contributed by atoms with Crippen LogP contribution in [0.4, 0.5) is 22.0 Å². The summed E-state index contributed by atoms with van der Waals surface area (Å²) in [5.74, 6) is 1.23. The number of hydrogen-bond donors (Lipinski definition) is 1. The van der Waals surface area contributed by atoms with Gasteiger partial charge in [0.25, 0.3) is 0 Å². The summed E-state index contributed by atoms with van der Waals surface area (Å²) in [7, 11) is 0. The Morgan fingerprint density at radius 3 is 2.56 bits per heavy atom. The number of ether oxygens (including phenoxy) is 4. The highest BCUT2D eigenvalue weighted by molar-refractivity contribution is 6.32. The first-order chi connectivity index (χ1) is 18.7. The molecule has 2 aliphatic heterocycles. The number of nitrogens with one attached hydrogen (secondary N) is 1. The van der Waals surface area contributed by atoms with Gasteiger partial charge in [0, 0.05) is 42.9 Å². The summed E-state index contributed by atoms with van der Waals surface area (Å²) in [6.45, 7) is 9.84. The van der Waals surface area contributed by atoms with Crippen LogP contribution in [0.1, 0.15) is 27.2 Å². The third-order valence-corrected chi connectivity index (χ3v) is 6.68. The first kappa shape index (κ1) is 27.2. The summed E-state index contributed by atoms with van der Waals surface area (Å²) in [5.41, 5.74) is 2.13. The molecule has 39 heavy (non-hydrogen) atoms. The van der Waals surface area contributed by atoms with Crippen molar-refractivity contribution in [1.82, 2.24) is 14.9 Å². The molecule has 1 amide bonds. The van der Waals surface area contributed by atoms with Gasteiger partial charge in [-0.2, -0.15) is 0 Å². The van der Waals surface area contributed by atoms with Crippen LogP contribution in [0, 0.1) is 0 Å². The van der Waals surface area contributed by atoms with E-state index in [1.807, 2.05) is 45.0 Å². The minimum atomic E-state index is -0.508. The lowest BCUT2D eigenvalue weighted by molar-refractivity contribution is -0.191. The second-order valence-corrected chi connectivity index (χ2v) is 10.9. The molecule has 0 bridgehead atoms. The third kappa shape index (κ3) is 7.00. The lowest BCUT2D eigenvalue weighted by atomic mass is 10.1. The maximum atomic E-state index is 12.4. The van der Waals surface area contributed by atoms with Gasteiger partial charge in [0.2, 0.25) is 0 Å². The van der Waals surface area contributed by atoms with Crippen LogP contribution >= 0.6 is 11.6 Å². The summed E-state index contributed by atoms with van der Waals surface area (Å²) in [5, 5.41) is 4.72. The number of rotatable bonds is 6. The molecule has 0 atom stereocenters. The van der Waals surface area contributed by atoms with Gasteiger partial charge in [-0.25, -0.2) is 14.8 Å². The predicted octanol–water partition coefficient (Wildman–Crippen LogP) is 5.23. The molecule has 0 spiro atoms. The van der Waals surface area contributed by atoms with Crippen LogP contribution in [0.3, 0.4) is 0 Å². The molecule has 11 heteroatoms. The maximum absolute atomic E-state index is 12.4. The van der Waals surface area contributed by atoms with Crippen molar-refractivity contribution in [3.8, 4) is 5.75 Å². The second kappa shape index (κ2) is 11.8. The monoisotopic (exact) mass is 555 g/mol. The third-order valence-electron chi connectivity index (χ3n) is 6.38. The largest absolute Gasteiger partial charge is 0.487 e. The van der Waals surface area contributed by atoms with E-state index in [-0.39, 0.29) is 19.0 Å². The van der Waals surface area contributed by atoms with Crippen molar-refractivity contribution in [2.75, 3.05) is 56.2 Å². The Balaban J connectivity index is 1.25. The molecular weight excluding hydrogens is 522 g/mol. The van der Waals surface area contributed by atoms with E-state index in [0.29, 0.717) is 56.0 Å². The highest BCUT2D eigenvalue weighted by Crippen LogP contribution is 2.32. The summed E-state index contributed by atoms with van der Waals surface area (Å²) >= 11 is 6.50. The van der Waals surface area contributed by atoms with E-state index in [1.165, 1.54) is 6.33 Å². The van der Waals surface area contributed by atoms with Gasteiger partial charge in [-0.05, 0) is 63.6 Å². The Kier molecular flexibility index (Phi) is 8.25. The molecule has 3 heterocycles. The first-order valence-electron chi connectivity index (χ1n) is 13.2. The lowest BCUT2D eigenvalue weighted by Gasteiger charge is -2.36. The molecule has 1 N–H and O–H groups in total. The van der Waals surface area contributed by atoms with Crippen molar-refractivity contribution in [2.24, 2.45) is 0 Å². The van der Waals surface area contributed by atoms with Crippen molar-refractivity contribution in [3.63, 3.8) is 0 Å². The van der Waals surface area contributed by atoms with E-state index < -0.39 is 5.60 Å². The Bertz CT molecular complexity index is 1300. The number of carbonyl (C=O) groups excluding carboxylic acids is 1. The van der Waals surface area contributed by atoms with Crippen molar-refractivity contribution >= 4 is 45.8 Å². The van der Waals surface area contributed by atoms with Crippen molar-refractivity contribution in [3.05, 3.63) is 47.7 Å². The van der Waals surface area contributed by atoms with Gasteiger partial charge in [0.15, 0.2) is 6.29 Å². The highest BCUT2D eigenvalue weighted by atomic mass is 35.5. The number of halogens is 1. The molecule has 208 valence electrons. The molecular formula is C28H34ClN5O5. The molecule has 0 saturated carbocycles. The van der Waals surface area contributed by atoms with Crippen molar-refractivity contribution < 1.29 is 23.7 Å². The smallest absolute Gasteiger partial charge is 0.410 e. The van der Waals surface area contributed by atoms with Crippen molar-refractivity contribution in [2.45, 2.75) is 39.1 Å². The van der Waals surface area contributed by atoms with E-state index >= 15 is 0 Å². The molecule has 3 aromatic rings. The Morgan fingerprint density at radius 1 is 1.08 bits per heavy atom. The lowest BCUT2D eigenvalue weighted by Crippen LogP contribution is -2.50. The normalized spacial score (nSPS) is 16.8. The average molecular weight is 556 g/mol. The summed E-state index contributed by atoms with van der Waals surface area (Å²) in [6, 6.07) is 11.6. The fourth-order valence-corrected chi connectivity index (χ4v) is 4.67. The fourth-order valence-electron chi connectivity index (χ4n) is 4.44. The molecule has 2 aliphatic rings. The van der Waals surface area contributed by atoms with Crippen LogP contribution in [0.5, 0.6) is 5.75 Å². The maximum Gasteiger partial charge on any atom is 0.410 e. The molecule has 0 radical (unpaired) electrons. The minimum Gasteiger partial charge on any atom is -0.487 e. The highest BCUT2D eigenvalue weighted by Gasteiger charge is 2.26. The molecule has 2 fully saturated rings. The number of aromatic nitrogens is 2. The van der Waals surface area contributed by atoms with E-state index in [2.05, 4.69) is 26.3 Å². The average Bonchev–Trinajstić information content (AvgIpc) is 2.92. The number of amides is 1. The topological polar surface area (TPSA) is 98.3 Å². The fraction of sp³-hybridized carbons (Fsp3) is 0.464. The second-order valence-electron chi connectivity index (χ2n) is 10.5. The zero-order valence-corrected chi connectivity index (χ0v) is 23.2. The number of nitrogens with zero attached hydrogens (tertiary/aromatic N) is 4. The molecule has 5 rings (SSSR count). The van der Waals surface area contributed by atoms with Gasteiger partial charge in [0.1, 0.15) is 30.1 Å². The zero-order valence-electron chi connectivity index (χ0n) is 22.5. The van der Waals surface area contributed by atoms with Crippen LogP contribution in [0.25, 0.3) is 10.9 Å². The van der Waals surface area contributed by atoms with Gasteiger partial charge in [-0.3, -0.25) is 0 Å². The van der Waals surface area contributed by atoms with Crippen LogP contribution < -0.4 is 15.0 Å². The Labute approximate surface area is 233 Å². The number of fused-ring (bicyclic) bond motifs is 1. The summed E-state index contributed by atoms with van der Waals surface area (Å²) in [6.07, 6.45) is 1.77. The van der Waals surface area contributed by atoms with Crippen LogP contribution in [-0.4, -0.2) is 78.9 Å². The number of benzene rings is 2. The van der Waals surface area contributed by atoms with Crippen LogP contribution in [0.2, 0.25) is 5.02 Å². The van der Waals surface area contributed by atoms with E-state index in [9.17, 15) is 4.79 Å². The van der Waals surface area contributed by atoms with E-state index in [4.69, 9.17) is 30.5 Å². The van der Waals surface area contributed by atoms with Gasteiger partial charge >= 0.3 is 6.09 Å².